The highest BCUT2D eigenvalue weighted by Crippen LogP contribution is 2.04. The van der Waals surface area contributed by atoms with Crippen LogP contribution in [0.1, 0.15) is 20.8 Å². The van der Waals surface area contributed by atoms with Crippen molar-refractivity contribution >= 4 is 15.9 Å². The minimum absolute atomic E-state index is 0.0437. The third kappa shape index (κ3) is 4.10. The van der Waals surface area contributed by atoms with Gasteiger partial charge in [0.15, 0.2) is 0 Å². The van der Waals surface area contributed by atoms with Gasteiger partial charge in [-0.3, -0.25) is 4.79 Å². The lowest BCUT2D eigenvalue weighted by molar-refractivity contribution is 0.415. The summed E-state index contributed by atoms with van der Waals surface area (Å²) in [5.74, 6) is 0.610. The largest absolute Gasteiger partial charge is 0.313 e. The summed E-state index contributed by atoms with van der Waals surface area (Å²) in [5.41, 5.74) is 0.0437. The fraction of sp³-hybridized carbons (Fsp3) is 0.583. The molecule has 1 N–H and O–H groups in total. The van der Waals surface area contributed by atoms with E-state index in [4.69, 9.17) is 0 Å². The Hall–Kier alpha value is -0.610. The lowest BCUT2D eigenvalue weighted by Gasteiger charge is -2.17. The molecule has 4 heteroatoms. The van der Waals surface area contributed by atoms with E-state index in [0.717, 1.165) is 11.0 Å². The Bertz CT molecular complexity index is 387. The van der Waals surface area contributed by atoms with Crippen LogP contribution >= 0.6 is 15.9 Å². The van der Waals surface area contributed by atoms with Crippen LogP contribution < -0.4 is 10.9 Å². The molecular formula is C12H19BrN2O. The van der Waals surface area contributed by atoms with Gasteiger partial charge >= 0.3 is 0 Å². The molecule has 1 rings (SSSR count). The maximum atomic E-state index is 11.5. The molecule has 90 valence electrons. The normalized spacial score (nSPS) is 13.1. The smallest absolute Gasteiger partial charge is 0.250 e. The molecule has 0 radical (unpaired) electrons. The van der Waals surface area contributed by atoms with Gasteiger partial charge in [0.25, 0.3) is 5.56 Å². The molecular weight excluding hydrogens is 268 g/mol. The topological polar surface area (TPSA) is 34.0 Å². The van der Waals surface area contributed by atoms with Gasteiger partial charge in [-0.15, -0.1) is 0 Å². The molecule has 1 heterocycles. The fourth-order valence-electron chi connectivity index (χ4n) is 1.33. The summed E-state index contributed by atoms with van der Waals surface area (Å²) in [6, 6.07) is 3.82. The van der Waals surface area contributed by atoms with Gasteiger partial charge in [-0.2, -0.15) is 0 Å². The van der Waals surface area contributed by atoms with Crippen LogP contribution in [0.25, 0.3) is 0 Å². The maximum Gasteiger partial charge on any atom is 0.250 e. The van der Waals surface area contributed by atoms with E-state index in [1.165, 1.54) is 0 Å². The average Bonchev–Trinajstić information content (AvgIpc) is 2.22. The number of hydrogen-bond acceptors (Lipinski definition) is 2. The quantitative estimate of drug-likeness (QED) is 0.901. The summed E-state index contributed by atoms with van der Waals surface area (Å²) >= 11 is 3.36. The summed E-state index contributed by atoms with van der Waals surface area (Å²) in [5, 5.41) is 3.40. The molecule has 0 fully saturated rings. The summed E-state index contributed by atoms with van der Waals surface area (Å²) in [6.07, 6.45) is 1.82. The first-order valence-electron chi connectivity index (χ1n) is 5.60. The Kier molecular flexibility index (Phi) is 5.22. The van der Waals surface area contributed by atoms with Crippen LogP contribution in [0, 0.1) is 5.92 Å². The van der Waals surface area contributed by atoms with Crippen molar-refractivity contribution in [2.45, 2.75) is 33.4 Å². The van der Waals surface area contributed by atoms with Crippen molar-refractivity contribution in [2.24, 2.45) is 5.92 Å². The Morgan fingerprint density at radius 1 is 1.38 bits per heavy atom. The first kappa shape index (κ1) is 13.5. The standard InChI is InChI=1S/C12H19BrN2O/c1-9(2)10(3)14-6-7-15-8-11(13)4-5-12(15)16/h4-5,8-10,14H,6-7H2,1-3H3. The number of hydrogen-bond donors (Lipinski definition) is 1. The predicted molar refractivity (Wildman–Crippen MR) is 70.7 cm³/mol. The lowest BCUT2D eigenvalue weighted by atomic mass is 10.1. The molecule has 0 bridgehead atoms. The minimum atomic E-state index is 0.0437. The molecule has 3 nitrogen and oxygen atoms in total. The van der Waals surface area contributed by atoms with E-state index in [0.29, 0.717) is 18.5 Å². The van der Waals surface area contributed by atoms with Gasteiger partial charge in [0.1, 0.15) is 0 Å². The van der Waals surface area contributed by atoms with Crippen molar-refractivity contribution in [1.82, 2.24) is 9.88 Å². The third-order valence-corrected chi connectivity index (χ3v) is 3.24. The van der Waals surface area contributed by atoms with E-state index in [1.807, 2.05) is 6.20 Å². The number of rotatable bonds is 5. The van der Waals surface area contributed by atoms with Crippen molar-refractivity contribution in [3.63, 3.8) is 0 Å². The second kappa shape index (κ2) is 6.21. The second-order valence-electron chi connectivity index (χ2n) is 4.37. The zero-order valence-corrected chi connectivity index (χ0v) is 11.6. The number of pyridine rings is 1. The van der Waals surface area contributed by atoms with Crippen molar-refractivity contribution < 1.29 is 0 Å². The van der Waals surface area contributed by atoms with E-state index < -0.39 is 0 Å². The van der Waals surface area contributed by atoms with E-state index >= 15 is 0 Å². The van der Waals surface area contributed by atoms with Crippen molar-refractivity contribution in [3.05, 3.63) is 33.2 Å². The predicted octanol–water partition coefficient (Wildman–Crippen LogP) is 2.24. The van der Waals surface area contributed by atoms with Crippen LogP contribution in [0.3, 0.4) is 0 Å². The SMILES string of the molecule is CC(C)C(C)NCCn1cc(Br)ccc1=O. The molecule has 0 aliphatic carbocycles. The minimum Gasteiger partial charge on any atom is -0.313 e. The van der Waals surface area contributed by atoms with E-state index in [1.54, 1.807) is 16.7 Å². The molecule has 0 spiro atoms. The second-order valence-corrected chi connectivity index (χ2v) is 5.28. The van der Waals surface area contributed by atoms with Crippen molar-refractivity contribution in [2.75, 3.05) is 6.54 Å². The highest BCUT2D eigenvalue weighted by molar-refractivity contribution is 9.10. The van der Waals surface area contributed by atoms with Crippen LogP contribution in [-0.2, 0) is 6.54 Å². The highest BCUT2D eigenvalue weighted by Gasteiger charge is 2.05. The lowest BCUT2D eigenvalue weighted by Crippen LogP contribution is -2.34. The Labute approximate surface area is 105 Å². The van der Waals surface area contributed by atoms with Gasteiger partial charge in [-0.05, 0) is 34.8 Å². The number of aromatic nitrogens is 1. The number of halogens is 1. The molecule has 0 amide bonds. The van der Waals surface area contributed by atoms with E-state index in [-0.39, 0.29) is 5.56 Å². The Morgan fingerprint density at radius 2 is 2.06 bits per heavy atom. The molecule has 0 saturated heterocycles. The monoisotopic (exact) mass is 286 g/mol. The Balaban J connectivity index is 2.49. The summed E-state index contributed by atoms with van der Waals surface area (Å²) in [7, 11) is 0. The van der Waals surface area contributed by atoms with Crippen molar-refractivity contribution in [1.29, 1.82) is 0 Å². The van der Waals surface area contributed by atoms with Gasteiger partial charge in [0.05, 0.1) is 0 Å². The Morgan fingerprint density at radius 3 is 2.69 bits per heavy atom. The van der Waals surface area contributed by atoms with Crippen LogP contribution in [-0.4, -0.2) is 17.2 Å². The molecule has 1 aromatic heterocycles. The molecule has 0 aliphatic rings. The molecule has 0 aliphatic heterocycles. The first-order chi connectivity index (χ1) is 7.50. The molecule has 0 aromatic carbocycles. The van der Waals surface area contributed by atoms with Crippen LogP contribution in [0.4, 0.5) is 0 Å². The molecule has 0 saturated carbocycles. The van der Waals surface area contributed by atoms with Crippen LogP contribution in [0.15, 0.2) is 27.6 Å². The summed E-state index contributed by atoms with van der Waals surface area (Å²) in [6.45, 7) is 8.05. The maximum absolute atomic E-state index is 11.5. The van der Waals surface area contributed by atoms with E-state index in [2.05, 4.69) is 42.0 Å². The zero-order valence-electron chi connectivity index (χ0n) is 10.0. The van der Waals surface area contributed by atoms with E-state index in [9.17, 15) is 4.79 Å². The molecule has 1 aromatic rings. The average molecular weight is 287 g/mol. The first-order valence-corrected chi connectivity index (χ1v) is 6.39. The van der Waals surface area contributed by atoms with Gasteiger partial charge in [-0.25, -0.2) is 0 Å². The van der Waals surface area contributed by atoms with Crippen LogP contribution in [0.5, 0.6) is 0 Å². The molecule has 16 heavy (non-hydrogen) atoms. The van der Waals surface area contributed by atoms with Gasteiger partial charge in [-0.1, -0.05) is 13.8 Å². The zero-order chi connectivity index (χ0) is 12.1. The summed E-state index contributed by atoms with van der Waals surface area (Å²) in [4.78, 5) is 11.5. The molecule has 1 unspecified atom stereocenters. The number of nitrogens with one attached hydrogen (secondary N) is 1. The van der Waals surface area contributed by atoms with Gasteiger partial charge < -0.3 is 9.88 Å². The fourth-order valence-corrected chi connectivity index (χ4v) is 1.70. The van der Waals surface area contributed by atoms with Gasteiger partial charge in [0.2, 0.25) is 0 Å². The number of nitrogens with zero attached hydrogens (tertiary/aromatic N) is 1. The van der Waals surface area contributed by atoms with Gasteiger partial charge in [0, 0.05) is 35.9 Å². The summed E-state index contributed by atoms with van der Waals surface area (Å²) < 4.78 is 2.65. The van der Waals surface area contributed by atoms with Crippen LogP contribution in [0.2, 0.25) is 0 Å². The van der Waals surface area contributed by atoms with Crippen molar-refractivity contribution in [3.8, 4) is 0 Å². The molecule has 1 atom stereocenters. The highest BCUT2D eigenvalue weighted by atomic mass is 79.9. The third-order valence-electron chi connectivity index (χ3n) is 2.77.